The molecule has 0 saturated carbocycles. The van der Waals surface area contributed by atoms with E-state index in [9.17, 15) is 9.59 Å². The molecule has 0 aliphatic carbocycles. The number of H-pyrrole nitrogens is 1. The summed E-state index contributed by atoms with van der Waals surface area (Å²) < 4.78 is 6.89. The van der Waals surface area contributed by atoms with Crippen LogP contribution in [0.1, 0.15) is 54.8 Å². The Morgan fingerprint density at radius 3 is 2.57 bits per heavy atom. The highest BCUT2D eigenvalue weighted by Gasteiger charge is 2.35. The molecule has 7 heteroatoms. The van der Waals surface area contributed by atoms with Gasteiger partial charge in [0.05, 0.1) is 11.3 Å². The summed E-state index contributed by atoms with van der Waals surface area (Å²) in [6.07, 6.45) is 0.223. The van der Waals surface area contributed by atoms with Crippen LogP contribution in [0.2, 0.25) is 0 Å². The first-order valence-electron chi connectivity index (χ1n) is 6.97. The van der Waals surface area contributed by atoms with Gasteiger partial charge in [-0.15, -0.1) is 0 Å². The van der Waals surface area contributed by atoms with E-state index in [4.69, 9.17) is 4.52 Å². The van der Waals surface area contributed by atoms with Gasteiger partial charge in [0.25, 0.3) is 5.56 Å². The molecule has 1 amide bonds. The third-order valence-electron chi connectivity index (χ3n) is 3.91. The molecule has 0 spiro atoms. The minimum atomic E-state index is -0.316. The molecule has 2 aromatic rings. The van der Waals surface area contributed by atoms with Crippen LogP contribution in [0.3, 0.4) is 0 Å². The van der Waals surface area contributed by atoms with Crippen molar-refractivity contribution in [2.24, 2.45) is 0 Å². The van der Waals surface area contributed by atoms with Crippen molar-refractivity contribution in [3.63, 3.8) is 0 Å². The summed E-state index contributed by atoms with van der Waals surface area (Å²) in [5, 5.41) is 9.54. The Labute approximate surface area is 121 Å². The first-order chi connectivity index (χ1) is 9.90. The number of rotatable bonds is 2. The number of amides is 1. The lowest BCUT2D eigenvalue weighted by molar-refractivity contribution is -0.116. The van der Waals surface area contributed by atoms with Crippen LogP contribution < -0.4 is 10.9 Å². The number of carbonyl (C=O) groups is 1. The average molecular weight is 290 g/mol. The van der Waals surface area contributed by atoms with Gasteiger partial charge in [-0.2, -0.15) is 0 Å². The fraction of sp³-hybridized carbons (Fsp3) is 0.500. The number of anilines is 1. The Morgan fingerprint density at radius 2 is 2.00 bits per heavy atom. The molecule has 3 heterocycles. The predicted octanol–water partition coefficient (Wildman–Crippen LogP) is 1.84. The molecular formula is C14H18N4O3. The smallest absolute Gasteiger partial charge is 0.270 e. The molecule has 3 rings (SSSR count). The third kappa shape index (κ3) is 2.00. The van der Waals surface area contributed by atoms with Crippen LogP contribution in [0.5, 0.6) is 0 Å². The van der Waals surface area contributed by atoms with Crippen molar-refractivity contribution in [1.29, 1.82) is 0 Å². The van der Waals surface area contributed by atoms with E-state index in [0.29, 0.717) is 17.1 Å². The number of aromatic amines is 1. The third-order valence-corrected chi connectivity index (χ3v) is 3.91. The second-order valence-electron chi connectivity index (χ2n) is 5.71. The second-order valence-corrected chi connectivity index (χ2v) is 5.71. The maximum atomic E-state index is 12.3. The average Bonchev–Trinajstić information content (AvgIpc) is 2.90. The Balaban J connectivity index is 2.24. The zero-order valence-corrected chi connectivity index (χ0v) is 12.5. The van der Waals surface area contributed by atoms with E-state index in [0.717, 1.165) is 11.3 Å². The minimum absolute atomic E-state index is 0.0465. The van der Waals surface area contributed by atoms with Gasteiger partial charge >= 0.3 is 0 Å². The van der Waals surface area contributed by atoms with Gasteiger partial charge in [0, 0.05) is 23.9 Å². The Morgan fingerprint density at radius 1 is 1.29 bits per heavy atom. The molecular weight excluding hydrogens is 272 g/mol. The number of nitrogens with zero attached hydrogens (tertiary/aromatic N) is 2. The van der Waals surface area contributed by atoms with Crippen LogP contribution in [0.15, 0.2) is 9.32 Å². The summed E-state index contributed by atoms with van der Waals surface area (Å²) >= 11 is 0. The molecule has 0 saturated heterocycles. The summed E-state index contributed by atoms with van der Waals surface area (Å²) in [5.41, 5.74) is 1.95. The Hall–Kier alpha value is -2.31. The molecule has 2 N–H and O–H groups in total. The van der Waals surface area contributed by atoms with E-state index < -0.39 is 0 Å². The van der Waals surface area contributed by atoms with Crippen molar-refractivity contribution in [1.82, 2.24) is 14.9 Å². The van der Waals surface area contributed by atoms with Gasteiger partial charge in [0.1, 0.15) is 11.6 Å². The molecule has 0 aromatic carbocycles. The van der Waals surface area contributed by atoms with Crippen molar-refractivity contribution in [3.8, 4) is 0 Å². The maximum absolute atomic E-state index is 12.3. The molecule has 0 bridgehead atoms. The van der Waals surface area contributed by atoms with Crippen LogP contribution in [-0.2, 0) is 4.79 Å². The van der Waals surface area contributed by atoms with E-state index in [1.807, 2.05) is 20.8 Å². The highest BCUT2D eigenvalue weighted by molar-refractivity contribution is 5.94. The second kappa shape index (κ2) is 4.61. The SMILES string of the molecule is Cc1noc(C)c1[C@@H]1CC(=O)Nc2c1c(=O)[nH]n2C(C)C. The van der Waals surface area contributed by atoms with Crippen molar-refractivity contribution in [2.45, 2.75) is 46.1 Å². The highest BCUT2D eigenvalue weighted by atomic mass is 16.5. The van der Waals surface area contributed by atoms with Gasteiger partial charge in [-0.1, -0.05) is 5.16 Å². The first-order valence-corrected chi connectivity index (χ1v) is 6.97. The molecule has 21 heavy (non-hydrogen) atoms. The van der Waals surface area contributed by atoms with Crippen molar-refractivity contribution in [3.05, 3.63) is 32.9 Å². The number of hydrogen-bond acceptors (Lipinski definition) is 4. The number of aryl methyl sites for hydroxylation is 2. The lowest BCUT2D eigenvalue weighted by Crippen LogP contribution is -2.27. The van der Waals surface area contributed by atoms with Crippen LogP contribution >= 0.6 is 0 Å². The van der Waals surface area contributed by atoms with Crippen LogP contribution in [-0.4, -0.2) is 20.8 Å². The lowest BCUT2D eigenvalue weighted by atomic mass is 9.86. The van der Waals surface area contributed by atoms with E-state index in [-0.39, 0.29) is 29.8 Å². The normalized spacial score (nSPS) is 18.0. The van der Waals surface area contributed by atoms with Crippen molar-refractivity contribution < 1.29 is 9.32 Å². The fourth-order valence-electron chi connectivity index (χ4n) is 3.01. The van der Waals surface area contributed by atoms with Gasteiger partial charge in [-0.05, 0) is 27.7 Å². The summed E-state index contributed by atoms with van der Waals surface area (Å²) in [6.45, 7) is 7.52. The number of nitrogens with one attached hydrogen (secondary N) is 2. The van der Waals surface area contributed by atoms with Gasteiger partial charge < -0.3 is 9.84 Å². The Bertz CT molecular complexity index is 746. The minimum Gasteiger partial charge on any atom is -0.361 e. The summed E-state index contributed by atoms with van der Waals surface area (Å²) in [7, 11) is 0. The van der Waals surface area contributed by atoms with E-state index in [1.54, 1.807) is 11.6 Å². The van der Waals surface area contributed by atoms with Crippen LogP contribution in [0.4, 0.5) is 5.82 Å². The van der Waals surface area contributed by atoms with Crippen molar-refractivity contribution >= 4 is 11.7 Å². The summed E-state index contributed by atoms with van der Waals surface area (Å²) in [6, 6.07) is 0.0465. The van der Waals surface area contributed by atoms with Gasteiger partial charge in [-0.3, -0.25) is 19.4 Å². The number of carbonyl (C=O) groups excluding carboxylic acids is 1. The zero-order chi connectivity index (χ0) is 15.3. The molecule has 2 aromatic heterocycles. The predicted molar refractivity (Wildman–Crippen MR) is 76.5 cm³/mol. The van der Waals surface area contributed by atoms with Gasteiger partial charge in [0.2, 0.25) is 5.91 Å². The molecule has 0 fully saturated rings. The summed E-state index contributed by atoms with van der Waals surface area (Å²) in [4.78, 5) is 24.4. The largest absolute Gasteiger partial charge is 0.361 e. The van der Waals surface area contributed by atoms with E-state index in [1.165, 1.54) is 0 Å². The zero-order valence-electron chi connectivity index (χ0n) is 12.5. The van der Waals surface area contributed by atoms with Gasteiger partial charge in [-0.25, -0.2) is 0 Å². The Kier molecular flexibility index (Phi) is 3.00. The van der Waals surface area contributed by atoms with E-state index >= 15 is 0 Å². The monoisotopic (exact) mass is 290 g/mol. The highest BCUT2D eigenvalue weighted by Crippen LogP contribution is 2.38. The molecule has 1 aliphatic heterocycles. The fourth-order valence-corrected chi connectivity index (χ4v) is 3.01. The molecule has 1 atom stereocenters. The quantitative estimate of drug-likeness (QED) is 0.882. The number of aromatic nitrogens is 3. The van der Waals surface area contributed by atoms with Gasteiger partial charge in [0.15, 0.2) is 0 Å². The molecule has 0 unspecified atom stereocenters. The van der Waals surface area contributed by atoms with E-state index in [2.05, 4.69) is 15.6 Å². The lowest BCUT2D eigenvalue weighted by Gasteiger charge is -2.23. The molecule has 7 nitrogen and oxygen atoms in total. The van der Waals surface area contributed by atoms with Crippen LogP contribution in [0, 0.1) is 13.8 Å². The topological polar surface area (TPSA) is 92.9 Å². The van der Waals surface area contributed by atoms with Crippen molar-refractivity contribution in [2.75, 3.05) is 5.32 Å². The maximum Gasteiger partial charge on any atom is 0.270 e. The molecule has 1 aliphatic rings. The molecule has 112 valence electrons. The standard InChI is InChI=1S/C14H18N4O3/c1-6(2)18-13-12(14(20)16-18)9(5-10(19)15-13)11-7(3)17-21-8(11)4/h6,9H,5H2,1-4H3,(H,15,19)(H,16,20)/t9-/m0/s1. The number of hydrogen-bond donors (Lipinski definition) is 2. The molecule has 0 radical (unpaired) electrons. The first kappa shape index (κ1) is 13.7. The summed E-state index contributed by atoms with van der Waals surface area (Å²) in [5.74, 6) is 0.774. The number of fused-ring (bicyclic) bond motifs is 1. The van der Waals surface area contributed by atoms with Crippen LogP contribution in [0.25, 0.3) is 0 Å².